The molecule has 0 bridgehead atoms. The molecule has 0 aliphatic heterocycles. The molecule has 3 aromatic rings. The molecule has 20 heavy (non-hydrogen) atoms. The summed E-state index contributed by atoms with van der Waals surface area (Å²) < 4.78 is 36.9. The monoisotopic (exact) mass is 291 g/mol. The van der Waals surface area contributed by atoms with Crippen molar-refractivity contribution >= 4 is 22.8 Å². The van der Waals surface area contributed by atoms with Gasteiger partial charge in [-0.3, -0.25) is 0 Å². The van der Waals surface area contributed by atoms with Crippen LogP contribution in [0.2, 0.25) is 0 Å². The highest BCUT2D eigenvalue weighted by molar-refractivity contribution is 7.00. The van der Waals surface area contributed by atoms with Crippen LogP contribution in [-0.2, 0) is 0 Å². The number of alkyl halides is 2. The van der Waals surface area contributed by atoms with Crippen molar-refractivity contribution in [1.29, 1.82) is 0 Å². The first kappa shape index (κ1) is 12.9. The van der Waals surface area contributed by atoms with Crippen molar-refractivity contribution in [2.24, 2.45) is 0 Å². The summed E-state index contributed by atoms with van der Waals surface area (Å²) in [5.41, 5.74) is 4.29. The maximum absolute atomic E-state index is 12.1. The summed E-state index contributed by atoms with van der Waals surface area (Å²) >= 11 is 1.16. The maximum Gasteiger partial charge on any atom is 0.387 e. The average Bonchev–Trinajstić information content (AvgIpc) is 2.87. The maximum atomic E-state index is 12.1. The van der Waals surface area contributed by atoms with Crippen LogP contribution in [0.5, 0.6) is 5.75 Å². The molecule has 0 aliphatic rings. The van der Waals surface area contributed by atoms with E-state index < -0.39 is 6.61 Å². The van der Waals surface area contributed by atoms with E-state index in [4.69, 9.17) is 0 Å². The van der Waals surface area contributed by atoms with Crippen LogP contribution in [0.15, 0.2) is 30.3 Å². The Labute approximate surface area is 118 Å². The second-order valence-electron chi connectivity index (χ2n) is 4.21. The number of aromatic nitrogens is 2. The summed E-state index contributed by atoms with van der Waals surface area (Å²) in [5.74, 6) is 0.136. The van der Waals surface area contributed by atoms with Crippen molar-refractivity contribution < 1.29 is 13.5 Å². The second-order valence-corrected chi connectivity index (χ2v) is 4.74. The molecule has 101 valence electrons. The van der Waals surface area contributed by atoms with Gasteiger partial charge in [0.15, 0.2) is 0 Å². The van der Waals surface area contributed by atoms with Gasteiger partial charge in [-0.05, 0) is 47.9 Å². The SMILES string of the molecule is Cc1[c]c(-c2ccc(OC(F)F)cc2)cc2nsnc12. The van der Waals surface area contributed by atoms with E-state index in [1.807, 2.05) is 13.0 Å². The minimum Gasteiger partial charge on any atom is -0.435 e. The number of nitrogens with zero attached hydrogens (tertiary/aromatic N) is 2. The predicted molar refractivity (Wildman–Crippen MR) is 73.1 cm³/mol. The summed E-state index contributed by atoms with van der Waals surface area (Å²) in [4.78, 5) is 0. The summed E-state index contributed by atoms with van der Waals surface area (Å²) in [7, 11) is 0. The third-order valence-electron chi connectivity index (χ3n) is 2.86. The van der Waals surface area contributed by atoms with Gasteiger partial charge < -0.3 is 4.74 Å². The molecule has 0 atom stereocenters. The van der Waals surface area contributed by atoms with Gasteiger partial charge in [-0.1, -0.05) is 12.1 Å². The molecular weight excluding hydrogens is 282 g/mol. The normalized spacial score (nSPS) is 11.2. The van der Waals surface area contributed by atoms with E-state index in [0.717, 1.165) is 39.5 Å². The van der Waals surface area contributed by atoms with E-state index in [1.165, 1.54) is 12.1 Å². The fraction of sp³-hybridized carbons (Fsp3) is 0.143. The number of hydrogen-bond donors (Lipinski definition) is 0. The van der Waals surface area contributed by atoms with Crippen molar-refractivity contribution in [3.63, 3.8) is 0 Å². The van der Waals surface area contributed by atoms with Crippen molar-refractivity contribution in [3.05, 3.63) is 42.0 Å². The largest absolute Gasteiger partial charge is 0.435 e. The van der Waals surface area contributed by atoms with Gasteiger partial charge in [0.05, 0.1) is 11.7 Å². The lowest BCUT2D eigenvalue weighted by Crippen LogP contribution is -2.01. The van der Waals surface area contributed by atoms with E-state index in [2.05, 4.69) is 19.6 Å². The van der Waals surface area contributed by atoms with Crippen LogP contribution in [0.4, 0.5) is 8.78 Å². The first-order valence-corrected chi connectivity index (χ1v) is 6.57. The standard InChI is InChI=1S/C14H9F2N2OS/c1-8-6-10(7-12-13(8)18-20-17-12)9-2-4-11(5-3-9)19-14(15)16/h2-5,7,14H,1H3. The molecule has 0 amide bonds. The molecule has 3 rings (SSSR count). The van der Waals surface area contributed by atoms with Gasteiger partial charge in [0.2, 0.25) is 0 Å². The quantitative estimate of drug-likeness (QED) is 0.729. The number of fused-ring (bicyclic) bond motifs is 1. The van der Waals surface area contributed by atoms with Gasteiger partial charge in [0.1, 0.15) is 16.8 Å². The highest BCUT2D eigenvalue weighted by atomic mass is 32.1. The predicted octanol–water partition coefficient (Wildman–Crippen LogP) is 4.07. The molecule has 6 heteroatoms. The molecule has 0 N–H and O–H groups in total. The molecule has 1 heterocycles. The molecule has 1 aromatic heterocycles. The molecule has 0 unspecified atom stereocenters. The van der Waals surface area contributed by atoms with Gasteiger partial charge in [-0.15, -0.1) is 0 Å². The Hall–Kier alpha value is -2.08. The summed E-state index contributed by atoms with van der Waals surface area (Å²) in [5, 5.41) is 0. The van der Waals surface area contributed by atoms with Gasteiger partial charge in [0, 0.05) is 0 Å². The lowest BCUT2D eigenvalue weighted by atomic mass is 10.0. The Kier molecular flexibility index (Phi) is 3.31. The topological polar surface area (TPSA) is 35.0 Å². The Morgan fingerprint density at radius 3 is 2.65 bits per heavy atom. The lowest BCUT2D eigenvalue weighted by Gasteiger charge is -2.06. The first-order valence-electron chi connectivity index (χ1n) is 5.84. The van der Waals surface area contributed by atoms with E-state index in [0.29, 0.717) is 0 Å². The van der Waals surface area contributed by atoms with Crippen LogP contribution in [0, 0.1) is 13.0 Å². The zero-order valence-corrected chi connectivity index (χ0v) is 11.2. The van der Waals surface area contributed by atoms with Crippen LogP contribution in [0.25, 0.3) is 22.2 Å². The lowest BCUT2D eigenvalue weighted by molar-refractivity contribution is -0.0498. The van der Waals surface area contributed by atoms with E-state index in [-0.39, 0.29) is 5.75 Å². The fourth-order valence-electron chi connectivity index (χ4n) is 1.96. The van der Waals surface area contributed by atoms with Crippen molar-refractivity contribution in [2.45, 2.75) is 13.5 Å². The van der Waals surface area contributed by atoms with Crippen molar-refractivity contribution in [3.8, 4) is 16.9 Å². The van der Waals surface area contributed by atoms with Crippen LogP contribution in [-0.4, -0.2) is 15.4 Å². The Morgan fingerprint density at radius 2 is 1.95 bits per heavy atom. The van der Waals surface area contributed by atoms with E-state index in [9.17, 15) is 8.78 Å². The zero-order chi connectivity index (χ0) is 14.1. The van der Waals surface area contributed by atoms with Gasteiger partial charge in [-0.25, -0.2) is 0 Å². The first-order chi connectivity index (χ1) is 9.63. The number of aryl methyl sites for hydroxylation is 1. The molecule has 2 aromatic carbocycles. The molecular formula is C14H9F2N2OS. The van der Waals surface area contributed by atoms with Gasteiger partial charge in [0.25, 0.3) is 0 Å². The third kappa shape index (κ3) is 2.46. The van der Waals surface area contributed by atoms with Crippen molar-refractivity contribution in [1.82, 2.24) is 8.75 Å². The van der Waals surface area contributed by atoms with Crippen LogP contribution in [0.3, 0.4) is 0 Å². The molecule has 0 spiro atoms. The summed E-state index contributed by atoms with van der Waals surface area (Å²) in [6, 6.07) is 11.6. The number of benzene rings is 2. The number of ether oxygens (including phenoxy) is 1. The highest BCUT2D eigenvalue weighted by Gasteiger charge is 2.08. The minimum absolute atomic E-state index is 0.136. The molecule has 0 saturated heterocycles. The second kappa shape index (κ2) is 5.13. The minimum atomic E-state index is -2.81. The van der Waals surface area contributed by atoms with Crippen molar-refractivity contribution in [2.75, 3.05) is 0 Å². The van der Waals surface area contributed by atoms with Gasteiger partial charge >= 0.3 is 6.61 Å². The summed E-state index contributed by atoms with van der Waals surface area (Å²) in [6.07, 6.45) is 0. The Morgan fingerprint density at radius 1 is 1.20 bits per heavy atom. The number of rotatable bonds is 3. The molecule has 3 nitrogen and oxygen atoms in total. The third-order valence-corrected chi connectivity index (χ3v) is 3.41. The van der Waals surface area contributed by atoms with Crippen LogP contribution >= 0.6 is 11.7 Å². The number of hydrogen-bond acceptors (Lipinski definition) is 4. The highest BCUT2D eigenvalue weighted by Crippen LogP contribution is 2.27. The Balaban J connectivity index is 1.98. The number of halogens is 2. The average molecular weight is 291 g/mol. The summed E-state index contributed by atoms with van der Waals surface area (Å²) in [6.45, 7) is -0.895. The van der Waals surface area contributed by atoms with Crippen LogP contribution < -0.4 is 4.74 Å². The van der Waals surface area contributed by atoms with Crippen LogP contribution in [0.1, 0.15) is 5.56 Å². The fourth-order valence-corrected chi connectivity index (χ4v) is 2.54. The Bertz CT molecular complexity index is 741. The molecule has 0 aliphatic carbocycles. The zero-order valence-electron chi connectivity index (χ0n) is 10.4. The van der Waals surface area contributed by atoms with E-state index >= 15 is 0 Å². The van der Waals surface area contributed by atoms with Gasteiger partial charge in [-0.2, -0.15) is 17.5 Å². The molecule has 0 fully saturated rings. The van der Waals surface area contributed by atoms with E-state index in [1.54, 1.807) is 12.1 Å². The molecule has 0 saturated carbocycles. The molecule has 1 radical (unpaired) electrons. The smallest absolute Gasteiger partial charge is 0.387 e.